The van der Waals surface area contributed by atoms with Crippen LogP contribution in [0.25, 0.3) is 6.08 Å². The van der Waals surface area contributed by atoms with Crippen LogP contribution in [0.1, 0.15) is 5.56 Å². The maximum absolute atomic E-state index is 13.2. The lowest BCUT2D eigenvalue weighted by Crippen LogP contribution is -2.10. The molecule has 0 saturated carbocycles. The van der Waals surface area contributed by atoms with Gasteiger partial charge in [-0.05, 0) is 42.0 Å². The summed E-state index contributed by atoms with van der Waals surface area (Å²) in [5.41, 5.74) is 0.567. The lowest BCUT2D eigenvalue weighted by molar-refractivity contribution is -0.134. The van der Waals surface area contributed by atoms with E-state index in [4.69, 9.17) is 8.92 Å². The van der Waals surface area contributed by atoms with Gasteiger partial charge in [-0.3, -0.25) is 0 Å². The number of hydrogen-bond donors (Lipinski definition) is 0. The molecule has 0 N–H and O–H groups in total. The van der Waals surface area contributed by atoms with E-state index >= 15 is 0 Å². The quantitative estimate of drug-likeness (QED) is 0.444. The largest absolute Gasteiger partial charge is 0.493 e. The van der Waals surface area contributed by atoms with E-state index < -0.39 is 21.9 Å². The Labute approximate surface area is 144 Å². The van der Waals surface area contributed by atoms with Crippen molar-refractivity contribution in [1.82, 2.24) is 0 Å². The second-order valence-corrected chi connectivity index (χ2v) is 6.31. The van der Waals surface area contributed by atoms with Gasteiger partial charge in [-0.25, -0.2) is 9.18 Å². The van der Waals surface area contributed by atoms with Crippen molar-refractivity contribution in [2.75, 3.05) is 14.2 Å². The Balaban J connectivity index is 2.30. The number of benzene rings is 2. The van der Waals surface area contributed by atoms with Gasteiger partial charge in [-0.1, -0.05) is 12.1 Å². The van der Waals surface area contributed by atoms with Gasteiger partial charge >= 0.3 is 16.1 Å². The number of carbonyl (C=O) groups excluding carboxylic acids is 1. The Hall–Kier alpha value is -2.87. The molecule has 2 aromatic carbocycles. The fraction of sp³-hybridized carbons (Fsp3) is 0.118. The van der Waals surface area contributed by atoms with Crippen molar-refractivity contribution in [3.05, 3.63) is 59.9 Å². The van der Waals surface area contributed by atoms with Gasteiger partial charge in [0.25, 0.3) is 0 Å². The molecule has 6 nitrogen and oxygen atoms in total. The molecule has 2 aromatic rings. The summed E-state index contributed by atoms with van der Waals surface area (Å²) in [7, 11) is -1.63. The molecule has 0 heterocycles. The number of methoxy groups -OCH3 is 2. The van der Waals surface area contributed by atoms with E-state index in [0.29, 0.717) is 5.56 Å². The average molecular weight is 366 g/mol. The predicted molar refractivity (Wildman–Crippen MR) is 88.3 cm³/mol. The van der Waals surface area contributed by atoms with Crippen LogP contribution < -0.4 is 8.92 Å². The SMILES string of the molecule is COC(=O)C=Cc1ccc(OS(=O)(=O)c2cccc(F)c2)c(OC)c1. The molecule has 0 aliphatic rings. The van der Waals surface area contributed by atoms with Crippen LogP contribution in [0.15, 0.2) is 53.4 Å². The Morgan fingerprint density at radius 1 is 1.08 bits per heavy atom. The van der Waals surface area contributed by atoms with Crippen LogP contribution in [0, 0.1) is 5.82 Å². The topological polar surface area (TPSA) is 78.9 Å². The summed E-state index contributed by atoms with van der Waals surface area (Å²) in [5, 5.41) is 0. The first-order valence-electron chi connectivity index (χ1n) is 7.00. The smallest absolute Gasteiger partial charge is 0.339 e. The Morgan fingerprint density at radius 2 is 1.84 bits per heavy atom. The predicted octanol–water partition coefficient (Wildman–Crippen LogP) is 2.79. The van der Waals surface area contributed by atoms with E-state index in [1.54, 1.807) is 0 Å². The van der Waals surface area contributed by atoms with Gasteiger partial charge in [0.1, 0.15) is 10.7 Å². The fourth-order valence-electron chi connectivity index (χ4n) is 1.88. The number of ether oxygens (including phenoxy) is 2. The normalized spacial score (nSPS) is 11.3. The zero-order chi connectivity index (χ0) is 18.4. The maximum atomic E-state index is 13.2. The molecule has 0 atom stereocenters. The lowest BCUT2D eigenvalue weighted by atomic mass is 10.2. The number of halogens is 1. The van der Waals surface area contributed by atoms with Gasteiger partial charge < -0.3 is 13.7 Å². The summed E-state index contributed by atoms with van der Waals surface area (Å²) < 4.78 is 52.3. The summed E-state index contributed by atoms with van der Waals surface area (Å²) in [4.78, 5) is 10.8. The molecule has 0 aliphatic heterocycles. The molecular weight excluding hydrogens is 351 g/mol. The third-order valence-corrected chi connectivity index (χ3v) is 4.32. The molecule has 0 radical (unpaired) electrons. The summed E-state index contributed by atoms with van der Waals surface area (Å²) in [5.74, 6) is -1.16. The molecule has 0 fully saturated rings. The zero-order valence-electron chi connectivity index (χ0n) is 13.4. The average Bonchev–Trinajstić information content (AvgIpc) is 2.60. The highest BCUT2D eigenvalue weighted by Crippen LogP contribution is 2.31. The second kappa shape index (κ2) is 7.80. The minimum atomic E-state index is -4.22. The van der Waals surface area contributed by atoms with Crippen LogP contribution in [0.5, 0.6) is 11.5 Å². The Bertz CT molecular complexity index is 905. The maximum Gasteiger partial charge on any atom is 0.339 e. The van der Waals surface area contributed by atoms with Crippen LogP contribution in [0.2, 0.25) is 0 Å². The van der Waals surface area contributed by atoms with Gasteiger partial charge in [0.05, 0.1) is 14.2 Å². The first-order chi connectivity index (χ1) is 11.9. The van der Waals surface area contributed by atoms with E-state index in [-0.39, 0.29) is 16.4 Å². The molecule has 0 spiro atoms. The van der Waals surface area contributed by atoms with Crippen molar-refractivity contribution in [1.29, 1.82) is 0 Å². The van der Waals surface area contributed by atoms with Crippen molar-refractivity contribution in [3.63, 3.8) is 0 Å². The summed E-state index contributed by atoms with van der Waals surface area (Å²) in [6, 6.07) is 8.85. The fourth-order valence-corrected chi connectivity index (χ4v) is 2.85. The number of carbonyl (C=O) groups is 1. The first kappa shape index (κ1) is 18.5. The van der Waals surface area contributed by atoms with Gasteiger partial charge in [0, 0.05) is 6.08 Å². The van der Waals surface area contributed by atoms with Crippen LogP contribution in [-0.2, 0) is 19.6 Å². The minimum Gasteiger partial charge on any atom is -0.493 e. The molecule has 2 rings (SSSR count). The summed E-state index contributed by atoms with van der Waals surface area (Å²) in [6.45, 7) is 0. The number of rotatable bonds is 6. The van der Waals surface area contributed by atoms with E-state index in [2.05, 4.69) is 4.74 Å². The van der Waals surface area contributed by atoms with E-state index in [1.807, 2.05) is 0 Å². The van der Waals surface area contributed by atoms with Gasteiger partial charge in [0.2, 0.25) is 0 Å². The second-order valence-electron chi connectivity index (χ2n) is 4.76. The first-order valence-corrected chi connectivity index (χ1v) is 8.40. The highest BCUT2D eigenvalue weighted by Gasteiger charge is 2.19. The van der Waals surface area contributed by atoms with E-state index in [9.17, 15) is 17.6 Å². The molecule has 132 valence electrons. The third-order valence-electron chi connectivity index (χ3n) is 3.08. The zero-order valence-corrected chi connectivity index (χ0v) is 14.2. The number of esters is 1. The highest BCUT2D eigenvalue weighted by molar-refractivity contribution is 7.87. The monoisotopic (exact) mass is 366 g/mol. The standard InChI is InChI=1S/C17H15FO6S/c1-22-16-10-12(7-9-17(19)23-2)6-8-15(16)24-25(20,21)14-5-3-4-13(18)11-14/h3-11H,1-2H3. The van der Waals surface area contributed by atoms with Crippen LogP contribution in [0.4, 0.5) is 4.39 Å². The molecule has 0 unspecified atom stereocenters. The van der Waals surface area contributed by atoms with Gasteiger partial charge in [0.15, 0.2) is 11.5 Å². The Morgan fingerprint density at radius 3 is 2.48 bits per heavy atom. The van der Waals surface area contributed by atoms with Crippen LogP contribution >= 0.6 is 0 Å². The summed E-state index contributed by atoms with van der Waals surface area (Å²) >= 11 is 0. The van der Waals surface area contributed by atoms with E-state index in [0.717, 1.165) is 12.1 Å². The molecule has 0 amide bonds. The van der Waals surface area contributed by atoms with Crippen LogP contribution in [-0.4, -0.2) is 28.6 Å². The molecule has 8 heteroatoms. The van der Waals surface area contributed by atoms with Crippen LogP contribution in [0.3, 0.4) is 0 Å². The minimum absolute atomic E-state index is 0.0676. The van der Waals surface area contributed by atoms with Crippen molar-refractivity contribution in [2.45, 2.75) is 4.90 Å². The third kappa shape index (κ3) is 4.80. The molecule has 0 bridgehead atoms. The van der Waals surface area contributed by atoms with Crippen molar-refractivity contribution < 1.29 is 31.3 Å². The molecular formula is C17H15FO6S. The molecule has 0 aliphatic carbocycles. The van der Waals surface area contributed by atoms with Crippen molar-refractivity contribution >= 4 is 22.2 Å². The van der Waals surface area contributed by atoms with E-state index in [1.165, 1.54) is 56.7 Å². The molecule has 0 saturated heterocycles. The van der Waals surface area contributed by atoms with Crippen molar-refractivity contribution in [3.8, 4) is 11.5 Å². The van der Waals surface area contributed by atoms with Gasteiger partial charge in [-0.2, -0.15) is 8.42 Å². The van der Waals surface area contributed by atoms with Crippen molar-refractivity contribution in [2.24, 2.45) is 0 Å². The molecule has 0 aromatic heterocycles. The Kier molecular flexibility index (Phi) is 5.76. The lowest BCUT2D eigenvalue weighted by Gasteiger charge is -2.11. The number of hydrogen-bond acceptors (Lipinski definition) is 6. The summed E-state index contributed by atoms with van der Waals surface area (Å²) in [6.07, 6.45) is 2.68. The highest BCUT2D eigenvalue weighted by atomic mass is 32.2. The molecule has 25 heavy (non-hydrogen) atoms. The van der Waals surface area contributed by atoms with Gasteiger partial charge in [-0.15, -0.1) is 0 Å².